The Kier molecular flexibility index (Phi) is 4.46. The molecule has 1 aromatic heterocycles. The Morgan fingerprint density at radius 2 is 1.86 bits per heavy atom. The number of esters is 1. The van der Waals surface area contributed by atoms with Gasteiger partial charge in [0.15, 0.2) is 24.0 Å². The molecule has 1 aliphatic rings. The number of aryl methyl sites for hydroxylation is 1. The first kappa shape index (κ1) is 18.0. The van der Waals surface area contributed by atoms with Crippen molar-refractivity contribution in [3.8, 4) is 0 Å². The highest BCUT2D eigenvalue weighted by Crippen LogP contribution is 2.17. The van der Waals surface area contributed by atoms with Crippen LogP contribution in [-0.4, -0.2) is 27.9 Å². The van der Waals surface area contributed by atoms with E-state index in [1.165, 1.54) is 18.2 Å². The first-order chi connectivity index (χ1) is 13.4. The number of ether oxygens (including phenoxy) is 1. The van der Waals surface area contributed by atoms with Gasteiger partial charge in [0.1, 0.15) is 5.82 Å². The summed E-state index contributed by atoms with van der Waals surface area (Å²) < 4.78 is 32.7. The van der Waals surface area contributed by atoms with Gasteiger partial charge in [-0.2, -0.15) is 0 Å². The highest BCUT2D eigenvalue weighted by atomic mass is 19.2. The van der Waals surface area contributed by atoms with Gasteiger partial charge >= 0.3 is 5.97 Å². The Morgan fingerprint density at radius 3 is 2.64 bits per heavy atom. The van der Waals surface area contributed by atoms with Gasteiger partial charge < -0.3 is 4.74 Å². The standard InChI is InChI=1S/C20H14F2N2O4/c21-14-6-4-11(8-15(14)22)17(25)10-28-20(27)12-3-5-13-16(9-12)23-18-2-1-7-24(18)19(13)26/h3-6,8-9H,1-2,7,10H2. The highest BCUT2D eigenvalue weighted by Gasteiger charge is 2.18. The number of Topliss-reactive ketones (excluding diaryl/α,β-unsaturated/α-hetero) is 1. The molecule has 0 saturated carbocycles. The van der Waals surface area contributed by atoms with Crippen molar-refractivity contribution >= 4 is 22.7 Å². The van der Waals surface area contributed by atoms with Gasteiger partial charge in [-0.05, 0) is 42.8 Å². The van der Waals surface area contributed by atoms with Gasteiger partial charge in [0.25, 0.3) is 5.56 Å². The molecular weight excluding hydrogens is 370 g/mol. The van der Waals surface area contributed by atoms with Crippen molar-refractivity contribution < 1.29 is 23.1 Å². The first-order valence-corrected chi connectivity index (χ1v) is 8.63. The van der Waals surface area contributed by atoms with E-state index in [-0.39, 0.29) is 16.7 Å². The van der Waals surface area contributed by atoms with Crippen LogP contribution in [0.3, 0.4) is 0 Å². The summed E-state index contributed by atoms with van der Waals surface area (Å²) in [7, 11) is 0. The largest absolute Gasteiger partial charge is 0.454 e. The maximum atomic E-state index is 13.2. The molecule has 4 rings (SSSR count). The lowest BCUT2D eigenvalue weighted by Crippen LogP contribution is -2.21. The maximum absolute atomic E-state index is 13.2. The lowest BCUT2D eigenvalue weighted by atomic mass is 10.1. The lowest BCUT2D eigenvalue weighted by Gasteiger charge is -2.07. The number of halogens is 2. The second-order valence-corrected chi connectivity index (χ2v) is 6.45. The molecule has 0 unspecified atom stereocenters. The third-order valence-electron chi connectivity index (χ3n) is 4.63. The van der Waals surface area contributed by atoms with E-state index in [9.17, 15) is 23.2 Å². The quantitative estimate of drug-likeness (QED) is 0.511. The normalized spacial score (nSPS) is 12.8. The van der Waals surface area contributed by atoms with Gasteiger partial charge in [0.05, 0.1) is 16.5 Å². The number of nitrogens with zero attached hydrogens (tertiary/aromatic N) is 2. The van der Waals surface area contributed by atoms with Crippen molar-refractivity contribution in [3.63, 3.8) is 0 Å². The van der Waals surface area contributed by atoms with Crippen LogP contribution in [0.25, 0.3) is 10.9 Å². The molecule has 0 aliphatic carbocycles. The zero-order valence-corrected chi connectivity index (χ0v) is 14.6. The Bertz CT molecular complexity index is 1190. The third-order valence-corrected chi connectivity index (χ3v) is 4.63. The molecule has 8 heteroatoms. The van der Waals surface area contributed by atoms with Crippen LogP contribution in [0.4, 0.5) is 8.78 Å². The van der Waals surface area contributed by atoms with E-state index < -0.39 is 30.0 Å². The van der Waals surface area contributed by atoms with Crippen LogP contribution in [-0.2, 0) is 17.7 Å². The maximum Gasteiger partial charge on any atom is 0.338 e. The number of ketones is 1. The highest BCUT2D eigenvalue weighted by molar-refractivity contribution is 6.00. The summed E-state index contributed by atoms with van der Waals surface area (Å²) in [6.07, 6.45) is 1.54. The van der Waals surface area contributed by atoms with Gasteiger partial charge in [-0.1, -0.05) is 0 Å². The number of carbonyl (C=O) groups excluding carboxylic acids is 2. The second kappa shape index (κ2) is 6.95. The summed E-state index contributed by atoms with van der Waals surface area (Å²) in [4.78, 5) is 41.1. The molecule has 1 aliphatic heterocycles. The molecule has 0 atom stereocenters. The van der Waals surface area contributed by atoms with Crippen molar-refractivity contribution in [1.82, 2.24) is 9.55 Å². The van der Waals surface area contributed by atoms with Gasteiger partial charge in [0.2, 0.25) is 0 Å². The summed E-state index contributed by atoms with van der Waals surface area (Å²) >= 11 is 0. The van der Waals surface area contributed by atoms with Crippen LogP contribution in [0.5, 0.6) is 0 Å². The number of hydrogen-bond acceptors (Lipinski definition) is 5. The summed E-state index contributed by atoms with van der Waals surface area (Å²) in [5.41, 5.74) is 0.279. The fraction of sp³-hybridized carbons (Fsp3) is 0.200. The summed E-state index contributed by atoms with van der Waals surface area (Å²) in [6, 6.07) is 7.07. The average molecular weight is 384 g/mol. The van der Waals surface area contributed by atoms with Crippen LogP contribution in [0.1, 0.15) is 33.0 Å². The Balaban J connectivity index is 1.52. The smallest absolute Gasteiger partial charge is 0.338 e. The molecule has 142 valence electrons. The Labute approximate surface area is 157 Å². The number of aromatic nitrogens is 2. The minimum Gasteiger partial charge on any atom is -0.454 e. The monoisotopic (exact) mass is 384 g/mol. The molecule has 0 fully saturated rings. The van der Waals surface area contributed by atoms with E-state index in [0.29, 0.717) is 29.7 Å². The van der Waals surface area contributed by atoms with Crippen molar-refractivity contribution in [2.45, 2.75) is 19.4 Å². The SMILES string of the molecule is O=C(COC(=O)c1ccc2c(=O)n3c(nc2c1)CCC3)c1ccc(F)c(F)c1. The first-order valence-electron chi connectivity index (χ1n) is 8.63. The van der Waals surface area contributed by atoms with Crippen molar-refractivity contribution in [2.75, 3.05) is 6.61 Å². The molecular formula is C20H14F2N2O4. The van der Waals surface area contributed by atoms with Crippen LogP contribution in [0.15, 0.2) is 41.2 Å². The zero-order valence-electron chi connectivity index (χ0n) is 14.6. The predicted octanol–water partition coefficient (Wildman–Crippen LogP) is 2.66. The molecule has 2 heterocycles. The third kappa shape index (κ3) is 3.17. The molecule has 0 spiro atoms. The predicted molar refractivity (Wildman–Crippen MR) is 95.3 cm³/mol. The number of rotatable bonds is 4. The van der Waals surface area contributed by atoms with Crippen LogP contribution in [0, 0.1) is 11.6 Å². The van der Waals surface area contributed by atoms with Gasteiger partial charge in [-0.25, -0.2) is 18.6 Å². The summed E-state index contributed by atoms with van der Waals surface area (Å²) in [6.45, 7) is 0.00913. The average Bonchev–Trinajstić information content (AvgIpc) is 3.16. The molecule has 0 bridgehead atoms. The van der Waals surface area contributed by atoms with E-state index in [2.05, 4.69) is 4.98 Å². The minimum atomic E-state index is -1.16. The Morgan fingerprint density at radius 1 is 1.07 bits per heavy atom. The molecule has 0 radical (unpaired) electrons. The van der Waals surface area contributed by atoms with Crippen molar-refractivity contribution in [3.05, 3.63) is 75.3 Å². The fourth-order valence-corrected chi connectivity index (χ4v) is 3.18. The molecule has 0 amide bonds. The van der Waals surface area contributed by atoms with E-state index in [4.69, 9.17) is 4.74 Å². The molecule has 28 heavy (non-hydrogen) atoms. The number of benzene rings is 2. The molecule has 3 aromatic rings. The molecule has 2 aromatic carbocycles. The number of fused-ring (bicyclic) bond motifs is 2. The number of carbonyl (C=O) groups is 2. The van der Waals surface area contributed by atoms with Crippen LogP contribution < -0.4 is 5.56 Å². The van der Waals surface area contributed by atoms with Gasteiger partial charge in [0, 0.05) is 18.5 Å². The topological polar surface area (TPSA) is 78.3 Å². The van der Waals surface area contributed by atoms with Crippen molar-refractivity contribution in [1.29, 1.82) is 0 Å². The van der Waals surface area contributed by atoms with Gasteiger partial charge in [-0.3, -0.25) is 14.2 Å². The van der Waals surface area contributed by atoms with E-state index >= 15 is 0 Å². The number of hydrogen-bond donors (Lipinski definition) is 0. The van der Waals surface area contributed by atoms with E-state index in [1.807, 2.05) is 0 Å². The van der Waals surface area contributed by atoms with E-state index in [1.54, 1.807) is 4.57 Å². The van der Waals surface area contributed by atoms with Crippen molar-refractivity contribution in [2.24, 2.45) is 0 Å². The molecule has 6 nitrogen and oxygen atoms in total. The van der Waals surface area contributed by atoms with Crippen LogP contribution >= 0.6 is 0 Å². The minimum absolute atomic E-state index is 0.101. The zero-order chi connectivity index (χ0) is 19.8. The van der Waals surface area contributed by atoms with Crippen LogP contribution in [0.2, 0.25) is 0 Å². The lowest BCUT2D eigenvalue weighted by molar-refractivity contribution is 0.0475. The second-order valence-electron chi connectivity index (χ2n) is 6.45. The summed E-state index contributed by atoms with van der Waals surface area (Å²) in [5, 5.41) is 0.403. The Hall–Kier alpha value is -3.42. The summed E-state index contributed by atoms with van der Waals surface area (Å²) in [5.74, 6) is -2.99. The molecule has 0 N–H and O–H groups in total. The fourth-order valence-electron chi connectivity index (χ4n) is 3.18. The van der Waals surface area contributed by atoms with Gasteiger partial charge in [-0.15, -0.1) is 0 Å². The van der Waals surface area contributed by atoms with E-state index in [0.717, 1.165) is 24.6 Å². The molecule has 0 saturated heterocycles.